The molecule has 23 heavy (non-hydrogen) atoms. The van der Waals surface area contributed by atoms with Crippen molar-refractivity contribution in [2.24, 2.45) is 5.10 Å². The molecule has 2 aromatic rings. The van der Waals surface area contributed by atoms with Crippen molar-refractivity contribution >= 4 is 23.2 Å². The third-order valence-electron chi connectivity index (χ3n) is 3.30. The predicted octanol–water partition coefficient (Wildman–Crippen LogP) is 2.48. The Morgan fingerprint density at radius 2 is 1.57 bits per heavy atom. The van der Waals surface area contributed by atoms with Crippen LogP contribution in [0.3, 0.4) is 0 Å². The molecular formula is C17H18N4O2. The van der Waals surface area contributed by atoms with Crippen LogP contribution in [0, 0.1) is 0 Å². The van der Waals surface area contributed by atoms with E-state index in [0.717, 1.165) is 11.3 Å². The largest absolute Gasteiger partial charge is 0.355 e. The van der Waals surface area contributed by atoms with E-state index in [4.69, 9.17) is 0 Å². The van der Waals surface area contributed by atoms with E-state index in [0.29, 0.717) is 16.9 Å². The summed E-state index contributed by atoms with van der Waals surface area (Å²) in [4.78, 5) is 26.8. The molecule has 0 radical (unpaired) electrons. The fourth-order valence-corrected chi connectivity index (χ4v) is 1.89. The topological polar surface area (TPSA) is 83.5 Å². The number of Topliss-reactive ketones (excluding diaryl/α,β-unsaturated/α-hetero) is 1. The summed E-state index contributed by atoms with van der Waals surface area (Å²) in [7, 11) is 1.57. The lowest BCUT2D eigenvalue weighted by Gasteiger charge is -2.05. The minimum atomic E-state index is -0.186. The molecule has 1 aromatic heterocycles. The van der Waals surface area contributed by atoms with Gasteiger partial charge in [0.05, 0.1) is 11.3 Å². The van der Waals surface area contributed by atoms with Crippen molar-refractivity contribution in [1.82, 2.24) is 10.3 Å². The summed E-state index contributed by atoms with van der Waals surface area (Å²) in [5.41, 5.74) is 5.66. The minimum Gasteiger partial charge on any atom is -0.355 e. The van der Waals surface area contributed by atoms with E-state index in [9.17, 15) is 9.59 Å². The second-order valence-electron chi connectivity index (χ2n) is 4.95. The molecule has 1 amide bonds. The van der Waals surface area contributed by atoms with Crippen molar-refractivity contribution in [2.45, 2.75) is 13.8 Å². The molecule has 0 unspecified atom stereocenters. The number of carbonyl (C=O) groups excluding carboxylic acids is 2. The van der Waals surface area contributed by atoms with Crippen LogP contribution in [-0.4, -0.2) is 29.4 Å². The molecule has 0 atom stereocenters. The Bertz CT molecular complexity index is 734. The van der Waals surface area contributed by atoms with Crippen LogP contribution in [0.15, 0.2) is 47.7 Å². The van der Waals surface area contributed by atoms with Crippen LogP contribution in [0.1, 0.15) is 40.1 Å². The van der Waals surface area contributed by atoms with E-state index in [-0.39, 0.29) is 11.7 Å². The molecule has 1 heterocycles. The molecule has 6 nitrogen and oxygen atoms in total. The van der Waals surface area contributed by atoms with E-state index in [1.54, 1.807) is 31.3 Å². The molecule has 0 aliphatic rings. The second kappa shape index (κ2) is 7.31. The van der Waals surface area contributed by atoms with Crippen LogP contribution in [-0.2, 0) is 0 Å². The molecule has 2 N–H and O–H groups in total. The van der Waals surface area contributed by atoms with Gasteiger partial charge in [-0.15, -0.1) is 0 Å². The number of benzene rings is 1. The first-order chi connectivity index (χ1) is 11.0. The van der Waals surface area contributed by atoms with Gasteiger partial charge in [0.2, 0.25) is 0 Å². The van der Waals surface area contributed by atoms with Crippen molar-refractivity contribution < 1.29 is 9.59 Å². The van der Waals surface area contributed by atoms with E-state index >= 15 is 0 Å². The van der Waals surface area contributed by atoms with Gasteiger partial charge >= 0.3 is 0 Å². The van der Waals surface area contributed by atoms with Crippen molar-refractivity contribution in [3.05, 3.63) is 59.3 Å². The number of rotatable bonds is 5. The second-order valence-corrected chi connectivity index (χ2v) is 4.95. The Hall–Kier alpha value is -3.02. The number of nitrogens with one attached hydrogen (secondary N) is 2. The van der Waals surface area contributed by atoms with Gasteiger partial charge in [0, 0.05) is 18.8 Å². The summed E-state index contributed by atoms with van der Waals surface area (Å²) in [6.07, 6.45) is 1.48. The number of pyridine rings is 1. The SMILES string of the molecule is CNC(=O)c1ccc(N/N=C(\C)c2ccc(C(C)=O)cc2)nc1. The molecule has 118 valence electrons. The number of ketones is 1. The van der Waals surface area contributed by atoms with Crippen molar-refractivity contribution in [2.75, 3.05) is 12.5 Å². The quantitative estimate of drug-likeness (QED) is 0.505. The summed E-state index contributed by atoms with van der Waals surface area (Å²) in [5.74, 6) is 0.385. The van der Waals surface area contributed by atoms with Crippen molar-refractivity contribution in [3.8, 4) is 0 Å². The highest BCUT2D eigenvalue weighted by Gasteiger charge is 2.04. The Morgan fingerprint density at radius 1 is 0.957 bits per heavy atom. The fraction of sp³-hybridized carbons (Fsp3) is 0.176. The molecule has 0 spiro atoms. The summed E-state index contributed by atoms with van der Waals surface area (Å²) in [5, 5.41) is 6.79. The summed E-state index contributed by atoms with van der Waals surface area (Å²) in [6.45, 7) is 3.39. The monoisotopic (exact) mass is 310 g/mol. The molecule has 0 aliphatic carbocycles. The van der Waals surface area contributed by atoms with Crippen LogP contribution < -0.4 is 10.7 Å². The van der Waals surface area contributed by atoms with Gasteiger partial charge in [-0.05, 0) is 31.5 Å². The first-order valence-electron chi connectivity index (χ1n) is 7.11. The molecule has 0 bridgehead atoms. The van der Waals surface area contributed by atoms with Gasteiger partial charge in [0.1, 0.15) is 5.82 Å². The molecule has 0 fully saturated rings. The lowest BCUT2D eigenvalue weighted by molar-refractivity contribution is 0.0961. The summed E-state index contributed by atoms with van der Waals surface area (Å²) in [6, 6.07) is 10.6. The van der Waals surface area contributed by atoms with E-state index in [1.165, 1.54) is 13.1 Å². The van der Waals surface area contributed by atoms with Crippen LogP contribution in [0.25, 0.3) is 0 Å². The van der Waals surface area contributed by atoms with Gasteiger partial charge in [0.15, 0.2) is 5.78 Å². The van der Waals surface area contributed by atoms with E-state index < -0.39 is 0 Å². The Labute approximate surface area is 134 Å². The van der Waals surface area contributed by atoms with Gasteiger partial charge in [-0.1, -0.05) is 24.3 Å². The number of hydrogen-bond acceptors (Lipinski definition) is 5. The van der Waals surface area contributed by atoms with Crippen LogP contribution >= 0.6 is 0 Å². The highest BCUT2D eigenvalue weighted by Crippen LogP contribution is 2.08. The third-order valence-corrected chi connectivity index (χ3v) is 3.30. The molecule has 6 heteroatoms. The maximum Gasteiger partial charge on any atom is 0.252 e. The highest BCUT2D eigenvalue weighted by molar-refractivity contribution is 6.00. The molecule has 1 aromatic carbocycles. The normalized spacial score (nSPS) is 11.0. The van der Waals surface area contributed by atoms with E-state index in [2.05, 4.69) is 20.8 Å². The summed E-state index contributed by atoms with van der Waals surface area (Å²) >= 11 is 0. The van der Waals surface area contributed by atoms with Gasteiger partial charge in [0.25, 0.3) is 5.91 Å². The van der Waals surface area contributed by atoms with E-state index in [1.807, 2.05) is 19.1 Å². The van der Waals surface area contributed by atoms with Gasteiger partial charge in [-0.3, -0.25) is 15.0 Å². The third kappa shape index (κ3) is 4.23. The molecule has 0 saturated heterocycles. The van der Waals surface area contributed by atoms with Crippen molar-refractivity contribution in [1.29, 1.82) is 0 Å². The van der Waals surface area contributed by atoms with Crippen LogP contribution in [0.5, 0.6) is 0 Å². The van der Waals surface area contributed by atoms with Crippen LogP contribution in [0.2, 0.25) is 0 Å². The van der Waals surface area contributed by atoms with Gasteiger partial charge in [-0.2, -0.15) is 5.10 Å². The number of nitrogens with zero attached hydrogens (tertiary/aromatic N) is 2. The number of anilines is 1. The number of hydrogen-bond donors (Lipinski definition) is 2. The smallest absolute Gasteiger partial charge is 0.252 e. The zero-order valence-corrected chi connectivity index (χ0v) is 13.3. The average molecular weight is 310 g/mol. The number of carbonyl (C=O) groups is 2. The maximum atomic E-state index is 11.4. The first-order valence-corrected chi connectivity index (χ1v) is 7.11. The molecular weight excluding hydrogens is 292 g/mol. The van der Waals surface area contributed by atoms with Gasteiger partial charge in [-0.25, -0.2) is 4.98 Å². The van der Waals surface area contributed by atoms with Crippen LogP contribution in [0.4, 0.5) is 5.82 Å². The number of aromatic nitrogens is 1. The number of hydrazone groups is 1. The molecule has 0 saturated carbocycles. The Balaban J connectivity index is 2.06. The predicted molar refractivity (Wildman–Crippen MR) is 89.9 cm³/mol. The first kappa shape index (κ1) is 16.4. The standard InChI is InChI=1S/C17H18N4O2/c1-11(13-4-6-14(7-5-13)12(2)22)20-21-16-9-8-15(10-19-16)17(23)18-3/h4-10H,1-3H3,(H,18,23)(H,19,21)/b20-11+. The zero-order valence-electron chi connectivity index (χ0n) is 13.3. The molecule has 2 rings (SSSR count). The zero-order chi connectivity index (χ0) is 16.8. The maximum absolute atomic E-state index is 11.4. The molecule has 0 aliphatic heterocycles. The fourth-order valence-electron chi connectivity index (χ4n) is 1.89. The number of amides is 1. The van der Waals surface area contributed by atoms with Gasteiger partial charge < -0.3 is 5.32 Å². The Morgan fingerprint density at radius 3 is 2.09 bits per heavy atom. The lowest BCUT2D eigenvalue weighted by Crippen LogP contribution is -2.17. The minimum absolute atomic E-state index is 0.0321. The lowest BCUT2D eigenvalue weighted by atomic mass is 10.1. The summed E-state index contributed by atoms with van der Waals surface area (Å²) < 4.78 is 0. The Kier molecular flexibility index (Phi) is 5.19. The average Bonchev–Trinajstić information content (AvgIpc) is 2.59. The highest BCUT2D eigenvalue weighted by atomic mass is 16.1. The van der Waals surface area contributed by atoms with Crippen molar-refractivity contribution in [3.63, 3.8) is 0 Å².